The minimum atomic E-state index is -5.46. The molecule has 0 heterocycles. The van der Waals surface area contributed by atoms with Gasteiger partial charge in [0.15, 0.2) is 0 Å². The highest BCUT2D eigenvalue weighted by Crippen LogP contribution is 2.43. The molecule has 27 heavy (non-hydrogen) atoms. The van der Waals surface area contributed by atoms with E-state index in [0.717, 1.165) is 0 Å². The Labute approximate surface area is 154 Å². The van der Waals surface area contributed by atoms with Gasteiger partial charge in [-0.1, -0.05) is 0 Å². The summed E-state index contributed by atoms with van der Waals surface area (Å²) in [6.45, 7) is 0.0524. The molecule has 5 nitrogen and oxygen atoms in total. The molecule has 0 saturated carbocycles. The molecular weight excluding hydrogens is 409 g/mol. The molecule has 0 spiro atoms. The molecule has 0 aromatic carbocycles. The number of nitrogens with one attached hydrogen (secondary N) is 1. The van der Waals surface area contributed by atoms with Crippen LogP contribution in [0.2, 0.25) is 0 Å². The van der Waals surface area contributed by atoms with E-state index in [1.165, 1.54) is 14.1 Å². The number of hydrogen-bond donors (Lipinski definition) is 1. The second-order valence-electron chi connectivity index (χ2n) is 7.14. The van der Waals surface area contributed by atoms with E-state index >= 15 is 0 Å². The van der Waals surface area contributed by atoms with Gasteiger partial charge in [-0.2, -0.15) is 26.3 Å². The molecule has 0 aromatic rings. The zero-order chi connectivity index (χ0) is 21.7. The SMILES string of the molecule is CC(F)(CC(CCCS(=O)(=O)NCCC[N+](C)(C)[O-])C(F)(F)F)C(F)(F)F. The van der Waals surface area contributed by atoms with Gasteiger partial charge in [0.05, 0.1) is 32.3 Å². The summed E-state index contributed by atoms with van der Waals surface area (Å²) in [4.78, 5) is 0. The van der Waals surface area contributed by atoms with E-state index in [9.17, 15) is 44.4 Å². The van der Waals surface area contributed by atoms with Crippen molar-refractivity contribution in [3.63, 3.8) is 0 Å². The lowest BCUT2D eigenvalue weighted by Crippen LogP contribution is -2.42. The lowest BCUT2D eigenvalue weighted by atomic mass is 9.89. The van der Waals surface area contributed by atoms with Gasteiger partial charge in [0.2, 0.25) is 15.7 Å². The fourth-order valence-corrected chi connectivity index (χ4v) is 3.39. The van der Waals surface area contributed by atoms with Crippen LogP contribution >= 0.6 is 0 Å². The molecule has 0 aliphatic rings. The third kappa shape index (κ3) is 11.1. The Morgan fingerprint density at radius 2 is 1.56 bits per heavy atom. The second kappa shape index (κ2) is 9.23. The van der Waals surface area contributed by atoms with Gasteiger partial charge in [0.25, 0.3) is 0 Å². The third-order valence-electron chi connectivity index (χ3n) is 3.84. The Morgan fingerprint density at radius 1 is 1.04 bits per heavy atom. The summed E-state index contributed by atoms with van der Waals surface area (Å²) in [5.41, 5.74) is -4.03. The molecule has 13 heteroatoms. The highest BCUT2D eigenvalue weighted by Gasteiger charge is 2.56. The van der Waals surface area contributed by atoms with Crippen LogP contribution in [0.25, 0.3) is 0 Å². The summed E-state index contributed by atoms with van der Waals surface area (Å²) in [5, 5.41) is 11.3. The highest BCUT2D eigenvalue weighted by molar-refractivity contribution is 7.89. The Morgan fingerprint density at radius 3 is 1.96 bits per heavy atom. The second-order valence-corrected chi connectivity index (χ2v) is 9.07. The fraction of sp³-hybridized carbons (Fsp3) is 1.00. The van der Waals surface area contributed by atoms with Crippen LogP contribution in [0, 0.1) is 11.1 Å². The monoisotopic (exact) mass is 434 g/mol. The first-order valence-corrected chi connectivity index (χ1v) is 9.76. The average molecular weight is 434 g/mol. The normalized spacial score (nSPS) is 17.6. The topological polar surface area (TPSA) is 69.2 Å². The first kappa shape index (κ1) is 26.3. The maximum atomic E-state index is 13.6. The molecule has 2 atom stereocenters. The van der Waals surface area contributed by atoms with Gasteiger partial charge in [0, 0.05) is 19.4 Å². The van der Waals surface area contributed by atoms with Crippen molar-refractivity contribution in [3.05, 3.63) is 5.21 Å². The van der Waals surface area contributed by atoms with Gasteiger partial charge in [-0.05, 0) is 19.8 Å². The van der Waals surface area contributed by atoms with Crippen LogP contribution < -0.4 is 4.72 Å². The van der Waals surface area contributed by atoms with Gasteiger partial charge in [-0.25, -0.2) is 17.5 Å². The molecule has 0 amide bonds. The molecule has 0 aliphatic carbocycles. The number of nitrogens with zero attached hydrogens (tertiary/aromatic N) is 1. The van der Waals surface area contributed by atoms with Crippen LogP contribution in [-0.4, -0.2) is 64.0 Å². The molecule has 0 aliphatic heterocycles. The van der Waals surface area contributed by atoms with Crippen LogP contribution in [0.15, 0.2) is 0 Å². The van der Waals surface area contributed by atoms with Crippen molar-refractivity contribution in [3.8, 4) is 0 Å². The van der Waals surface area contributed by atoms with Crippen LogP contribution in [0.3, 0.4) is 0 Å². The summed E-state index contributed by atoms with van der Waals surface area (Å²) >= 11 is 0. The van der Waals surface area contributed by atoms with Gasteiger partial charge >= 0.3 is 12.4 Å². The van der Waals surface area contributed by atoms with Crippen LogP contribution in [0.1, 0.15) is 32.6 Å². The van der Waals surface area contributed by atoms with Gasteiger partial charge in [-0.15, -0.1) is 0 Å². The Kier molecular flexibility index (Phi) is 9.00. The van der Waals surface area contributed by atoms with Crippen molar-refractivity contribution in [2.45, 2.75) is 50.6 Å². The predicted octanol–water partition coefficient (Wildman–Crippen LogP) is 3.51. The summed E-state index contributed by atoms with van der Waals surface area (Å²) in [6, 6.07) is 0. The van der Waals surface area contributed by atoms with Gasteiger partial charge < -0.3 is 9.85 Å². The van der Waals surface area contributed by atoms with E-state index < -0.39 is 63.6 Å². The van der Waals surface area contributed by atoms with E-state index in [4.69, 9.17) is 0 Å². The molecule has 0 radical (unpaired) electrons. The van der Waals surface area contributed by atoms with E-state index in [1.807, 2.05) is 0 Å². The predicted molar refractivity (Wildman–Crippen MR) is 85.7 cm³/mol. The molecular formula is C14H25F7N2O3S. The quantitative estimate of drug-likeness (QED) is 0.234. The zero-order valence-electron chi connectivity index (χ0n) is 15.3. The van der Waals surface area contributed by atoms with E-state index in [1.54, 1.807) is 0 Å². The molecule has 0 aromatic heterocycles. The molecule has 2 unspecified atom stereocenters. The largest absolute Gasteiger partial charge is 0.633 e. The number of halogens is 7. The Bertz CT molecular complexity index is 555. The summed E-state index contributed by atoms with van der Waals surface area (Å²) < 4.78 is 115. The lowest BCUT2D eigenvalue weighted by molar-refractivity contribution is -0.840. The first-order valence-electron chi connectivity index (χ1n) is 8.10. The molecule has 0 saturated heterocycles. The number of hydroxylamine groups is 3. The molecule has 0 rings (SSSR count). The maximum absolute atomic E-state index is 13.6. The van der Waals surface area contributed by atoms with Crippen molar-refractivity contribution >= 4 is 10.0 Å². The van der Waals surface area contributed by atoms with Gasteiger partial charge in [-0.3, -0.25) is 0 Å². The van der Waals surface area contributed by atoms with Crippen molar-refractivity contribution in [2.24, 2.45) is 5.92 Å². The van der Waals surface area contributed by atoms with E-state index in [-0.39, 0.29) is 26.4 Å². The zero-order valence-corrected chi connectivity index (χ0v) is 16.1. The van der Waals surface area contributed by atoms with E-state index in [0.29, 0.717) is 0 Å². The highest BCUT2D eigenvalue weighted by atomic mass is 32.2. The minimum Gasteiger partial charge on any atom is -0.633 e. The van der Waals surface area contributed by atoms with Crippen molar-refractivity contribution in [1.29, 1.82) is 0 Å². The average Bonchev–Trinajstić information content (AvgIpc) is 2.39. The first-order chi connectivity index (χ1) is 11.8. The standard InChI is InChI=1S/C14H25F7N2O3S/c1-12(15,14(19,20)21)10-11(13(16,17)18)6-4-9-27(25,26)22-7-5-8-23(2,3)24/h11,22H,4-10H2,1-3H3. The molecule has 164 valence electrons. The minimum absolute atomic E-state index is 0.0278. The van der Waals surface area contributed by atoms with Crippen LogP contribution in [0.4, 0.5) is 30.7 Å². The maximum Gasteiger partial charge on any atom is 0.422 e. The summed E-state index contributed by atoms with van der Waals surface area (Å²) in [6.07, 6.45) is -13.7. The number of quaternary nitrogens is 1. The van der Waals surface area contributed by atoms with Crippen molar-refractivity contribution in [2.75, 3.05) is 32.9 Å². The third-order valence-corrected chi connectivity index (χ3v) is 5.31. The smallest absolute Gasteiger partial charge is 0.422 e. The number of rotatable bonds is 11. The summed E-state index contributed by atoms with van der Waals surface area (Å²) in [5.74, 6) is -3.37. The number of alkyl halides is 7. The fourth-order valence-electron chi connectivity index (χ4n) is 2.24. The lowest BCUT2D eigenvalue weighted by Gasteiger charge is -2.33. The van der Waals surface area contributed by atoms with Crippen molar-refractivity contribution < 1.29 is 43.8 Å². The number of sulfonamides is 1. The summed E-state index contributed by atoms with van der Waals surface area (Å²) in [7, 11) is -1.25. The van der Waals surface area contributed by atoms with E-state index in [2.05, 4.69) is 4.72 Å². The molecule has 0 fully saturated rings. The van der Waals surface area contributed by atoms with Gasteiger partial charge in [0.1, 0.15) is 0 Å². The Balaban J connectivity index is 4.65. The molecule has 0 bridgehead atoms. The van der Waals surface area contributed by atoms with Crippen molar-refractivity contribution in [1.82, 2.24) is 4.72 Å². The Hall–Kier alpha value is -0.660. The number of hydrogen-bond acceptors (Lipinski definition) is 3. The molecule has 1 N–H and O–H groups in total. The van der Waals surface area contributed by atoms with Crippen LogP contribution in [-0.2, 0) is 10.0 Å². The van der Waals surface area contributed by atoms with Crippen LogP contribution in [0.5, 0.6) is 0 Å².